The van der Waals surface area contributed by atoms with E-state index in [1.54, 1.807) is 19.1 Å². The highest BCUT2D eigenvalue weighted by molar-refractivity contribution is 7.16. The van der Waals surface area contributed by atoms with Crippen molar-refractivity contribution in [1.29, 1.82) is 0 Å². The number of alkyl halides is 2. The molecule has 0 atom stereocenters. The van der Waals surface area contributed by atoms with Crippen molar-refractivity contribution in [2.45, 2.75) is 20.5 Å². The standard InChI is InChI=1S/C19H15F2N3O4S/c1-10-3-4-13(9-15(10)24(26)27)17(25)23-19-22-16(11(2)29-19)12-5-7-14(8-6-12)28-18(20)21/h3-9,18H,1-2H3,(H,22,23,25). The van der Waals surface area contributed by atoms with Crippen molar-refractivity contribution in [3.05, 3.63) is 68.6 Å². The van der Waals surface area contributed by atoms with Gasteiger partial charge in [-0.25, -0.2) is 4.98 Å². The van der Waals surface area contributed by atoms with Crippen LogP contribution in [0.3, 0.4) is 0 Å². The lowest BCUT2D eigenvalue weighted by Crippen LogP contribution is -2.12. The predicted molar refractivity (Wildman–Crippen MR) is 105 cm³/mol. The lowest BCUT2D eigenvalue weighted by atomic mass is 10.1. The predicted octanol–water partition coefficient (Wildman–Crippen LogP) is 5.19. The highest BCUT2D eigenvalue weighted by Gasteiger charge is 2.17. The minimum Gasteiger partial charge on any atom is -0.435 e. The van der Waals surface area contributed by atoms with E-state index in [0.29, 0.717) is 22.0 Å². The number of ether oxygens (including phenoxy) is 1. The number of carbonyl (C=O) groups is 1. The number of halogens is 2. The van der Waals surface area contributed by atoms with Gasteiger partial charge in [-0.05, 0) is 44.2 Å². The number of nitro benzene ring substituents is 1. The summed E-state index contributed by atoms with van der Waals surface area (Å²) in [6.45, 7) is 0.498. The van der Waals surface area contributed by atoms with E-state index in [9.17, 15) is 23.7 Å². The Bertz CT molecular complexity index is 1070. The van der Waals surface area contributed by atoms with Crippen LogP contribution in [0.1, 0.15) is 20.8 Å². The van der Waals surface area contributed by atoms with E-state index in [-0.39, 0.29) is 17.0 Å². The van der Waals surface area contributed by atoms with Crippen LogP contribution in [0.5, 0.6) is 5.75 Å². The molecule has 0 aliphatic carbocycles. The molecule has 2 aromatic carbocycles. The minimum atomic E-state index is -2.90. The van der Waals surface area contributed by atoms with Crippen molar-refractivity contribution in [3.63, 3.8) is 0 Å². The van der Waals surface area contributed by atoms with Crippen molar-refractivity contribution in [2.24, 2.45) is 0 Å². The lowest BCUT2D eigenvalue weighted by Gasteiger charge is -2.05. The van der Waals surface area contributed by atoms with Crippen molar-refractivity contribution in [2.75, 3.05) is 5.32 Å². The molecule has 0 aliphatic rings. The second kappa shape index (κ2) is 8.31. The molecule has 150 valence electrons. The Kier molecular flexibility index (Phi) is 5.83. The number of benzene rings is 2. The van der Waals surface area contributed by atoms with Crippen molar-refractivity contribution < 1.29 is 23.2 Å². The summed E-state index contributed by atoms with van der Waals surface area (Å²) in [4.78, 5) is 28.1. The quantitative estimate of drug-likeness (QED) is 0.438. The number of anilines is 1. The molecule has 0 unspecified atom stereocenters. The molecule has 0 spiro atoms. The largest absolute Gasteiger partial charge is 0.435 e. The number of nitro groups is 1. The summed E-state index contributed by atoms with van der Waals surface area (Å²) in [6, 6.07) is 10.2. The molecular weight excluding hydrogens is 404 g/mol. The normalized spacial score (nSPS) is 10.8. The third-order valence-electron chi connectivity index (χ3n) is 4.04. The lowest BCUT2D eigenvalue weighted by molar-refractivity contribution is -0.385. The molecule has 1 N–H and O–H groups in total. The summed E-state index contributed by atoms with van der Waals surface area (Å²) < 4.78 is 28.8. The number of nitrogens with one attached hydrogen (secondary N) is 1. The second-order valence-electron chi connectivity index (χ2n) is 6.04. The SMILES string of the molecule is Cc1ccc(C(=O)Nc2nc(-c3ccc(OC(F)F)cc3)c(C)s2)cc1[N+](=O)[O-]. The molecule has 3 rings (SSSR count). The highest BCUT2D eigenvalue weighted by atomic mass is 32.1. The maximum Gasteiger partial charge on any atom is 0.387 e. The first kappa shape index (κ1) is 20.3. The number of aryl methyl sites for hydroxylation is 2. The van der Waals surface area contributed by atoms with Gasteiger partial charge in [-0.2, -0.15) is 8.78 Å². The Morgan fingerprint density at radius 2 is 1.90 bits per heavy atom. The monoisotopic (exact) mass is 419 g/mol. The highest BCUT2D eigenvalue weighted by Crippen LogP contribution is 2.32. The fourth-order valence-corrected chi connectivity index (χ4v) is 3.46. The summed E-state index contributed by atoms with van der Waals surface area (Å²) in [6.07, 6.45) is 0. The molecule has 0 saturated heterocycles. The van der Waals surface area contributed by atoms with Crippen molar-refractivity contribution >= 4 is 28.1 Å². The number of thiazole rings is 1. The fraction of sp³-hybridized carbons (Fsp3) is 0.158. The van der Waals surface area contributed by atoms with Crippen LogP contribution in [0.2, 0.25) is 0 Å². The van der Waals surface area contributed by atoms with Crippen LogP contribution in [0.15, 0.2) is 42.5 Å². The molecule has 0 radical (unpaired) electrons. The molecule has 0 fully saturated rings. The Morgan fingerprint density at radius 3 is 2.52 bits per heavy atom. The summed E-state index contributed by atoms with van der Waals surface area (Å²) >= 11 is 1.23. The summed E-state index contributed by atoms with van der Waals surface area (Å²) in [5.74, 6) is -0.486. The van der Waals surface area contributed by atoms with Gasteiger partial charge in [0.15, 0.2) is 5.13 Å². The van der Waals surface area contributed by atoms with Crippen LogP contribution in [-0.2, 0) is 0 Å². The topological polar surface area (TPSA) is 94.4 Å². The van der Waals surface area contributed by atoms with Gasteiger partial charge >= 0.3 is 6.61 Å². The molecule has 1 aromatic heterocycles. The molecular formula is C19H15F2N3O4S. The Balaban J connectivity index is 1.79. The van der Waals surface area contributed by atoms with Gasteiger partial charge in [-0.1, -0.05) is 6.07 Å². The van der Waals surface area contributed by atoms with Gasteiger partial charge in [0.25, 0.3) is 11.6 Å². The first-order valence-electron chi connectivity index (χ1n) is 8.33. The van der Waals surface area contributed by atoms with Crippen LogP contribution >= 0.6 is 11.3 Å². The average molecular weight is 419 g/mol. The third-order valence-corrected chi connectivity index (χ3v) is 4.92. The maximum absolute atomic E-state index is 12.5. The van der Waals surface area contributed by atoms with Crippen molar-refractivity contribution in [3.8, 4) is 17.0 Å². The zero-order valence-electron chi connectivity index (χ0n) is 15.3. The number of hydrogen-bond donors (Lipinski definition) is 1. The van der Waals surface area contributed by atoms with Gasteiger partial charge in [0.2, 0.25) is 0 Å². The number of carbonyl (C=O) groups excluding carboxylic acids is 1. The molecule has 29 heavy (non-hydrogen) atoms. The molecule has 1 amide bonds. The number of amides is 1. The maximum atomic E-state index is 12.5. The smallest absolute Gasteiger partial charge is 0.387 e. The number of aromatic nitrogens is 1. The van der Waals surface area contributed by atoms with E-state index in [1.807, 2.05) is 6.92 Å². The summed E-state index contributed by atoms with van der Waals surface area (Å²) in [5, 5.41) is 14.0. The van der Waals surface area contributed by atoms with E-state index in [4.69, 9.17) is 0 Å². The first-order chi connectivity index (χ1) is 13.7. The van der Waals surface area contributed by atoms with E-state index in [2.05, 4.69) is 15.0 Å². The summed E-state index contributed by atoms with van der Waals surface area (Å²) in [5.41, 5.74) is 1.72. The molecule has 10 heteroatoms. The van der Waals surface area contributed by atoms with Gasteiger partial charge < -0.3 is 4.74 Å². The molecule has 3 aromatic rings. The van der Waals surface area contributed by atoms with Crippen LogP contribution in [0.25, 0.3) is 11.3 Å². The van der Waals surface area contributed by atoms with Crippen LogP contribution < -0.4 is 10.1 Å². The minimum absolute atomic E-state index is 0.0334. The van der Waals surface area contributed by atoms with Gasteiger partial charge in [-0.3, -0.25) is 20.2 Å². The van der Waals surface area contributed by atoms with Gasteiger partial charge in [0, 0.05) is 27.6 Å². The molecule has 0 aliphatic heterocycles. The molecule has 1 heterocycles. The number of rotatable bonds is 6. The molecule has 7 nitrogen and oxygen atoms in total. The van der Waals surface area contributed by atoms with E-state index < -0.39 is 17.4 Å². The third kappa shape index (κ3) is 4.72. The zero-order chi connectivity index (χ0) is 21.1. The Hall–Kier alpha value is -3.40. The van der Waals surface area contributed by atoms with E-state index in [1.165, 1.54) is 41.7 Å². The van der Waals surface area contributed by atoms with Crippen LogP contribution in [0, 0.1) is 24.0 Å². The summed E-state index contributed by atoms with van der Waals surface area (Å²) in [7, 11) is 0. The van der Waals surface area contributed by atoms with E-state index in [0.717, 1.165) is 4.88 Å². The van der Waals surface area contributed by atoms with Gasteiger partial charge in [0.05, 0.1) is 10.6 Å². The van der Waals surface area contributed by atoms with E-state index >= 15 is 0 Å². The van der Waals surface area contributed by atoms with Gasteiger partial charge in [-0.15, -0.1) is 11.3 Å². The average Bonchev–Trinajstić information content (AvgIpc) is 3.02. The first-order valence-corrected chi connectivity index (χ1v) is 9.15. The number of nitrogens with zero attached hydrogens (tertiary/aromatic N) is 2. The molecule has 0 saturated carbocycles. The Labute approximate surface area is 168 Å². The Morgan fingerprint density at radius 1 is 1.21 bits per heavy atom. The van der Waals surface area contributed by atoms with Crippen LogP contribution in [0.4, 0.5) is 19.6 Å². The fourth-order valence-electron chi connectivity index (χ4n) is 2.63. The molecule has 0 bridgehead atoms. The zero-order valence-corrected chi connectivity index (χ0v) is 16.1. The van der Waals surface area contributed by atoms with Crippen molar-refractivity contribution in [1.82, 2.24) is 4.98 Å². The van der Waals surface area contributed by atoms with Gasteiger partial charge in [0.1, 0.15) is 5.75 Å². The van der Waals surface area contributed by atoms with Crippen LogP contribution in [-0.4, -0.2) is 22.4 Å². The number of hydrogen-bond acceptors (Lipinski definition) is 6. The second-order valence-corrected chi connectivity index (χ2v) is 7.24.